The van der Waals surface area contributed by atoms with Crippen LogP contribution in [-0.4, -0.2) is 51.5 Å². The minimum atomic E-state index is 0.648. The minimum absolute atomic E-state index is 0.648. The van der Waals surface area contributed by atoms with Crippen LogP contribution in [0.25, 0.3) is 0 Å². The summed E-state index contributed by atoms with van der Waals surface area (Å²) in [6.07, 6.45) is 0. The zero-order valence-corrected chi connectivity index (χ0v) is 11.2. The Bertz CT molecular complexity index is 293. The molecule has 1 aromatic rings. The summed E-state index contributed by atoms with van der Waals surface area (Å²) >= 11 is 0. The van der Waals surface area contributed by atoms with Crippen molar-refractivity contribution in [2.45, 2.75) is 6.54 Å². The third-order valence-electron chi connectivity index (χ3n) is 2.68. The van der Waals surface area contributed by atoms with Gasteiger partial charge in [0.25, 0.3) is 0 Å². The average molecular weight is 252 g/mol. The quantitative estimate of drug-likeness (QED) is 0.634. The van der Waals surface area contributed by atoms with Crippen molar-refractivity contribution in [2.24, 2.45) is 5.73 Å². The highest BCUT2D eigenvalue weighted by Gasteiger charge is 2.04. The second kappa shape index (κ2) is 10.0. The molecule has 0 aromatic heterocycles. The number of ether oxygens (including phenoxy) is 2. The summed E-state index contributed by atoms with van der Waals surface area (Å²) in [7, 11) is 1.68. The Kier molecular flexibility index (Phi) is 8.42. The molecule has 0 radical (unpaired) electrons. The topological polar surface area (TPSA) is 47.7 Å². The lowest BCUT2D eigenvalue weighted by atomic mass is 10.2. The summed E-state index contributed by atoms with van der Waals surface area (Å²) in [4.78, 5) is 2.31. The van der Waals surface area contributed by atoms with Crippen LogP contribution in [0.5, 0.6) is 0 Å². The molecule has 0 unspecified atom stereocenters. The molecular formula is C14H24N2O2. The van der Waals surface area contributed by atoms with Crippen molar-refractivity contribution in [1.82, 2.24) is 4.90 Å². The summed E-state index contributed by atoms with van der Waals surface area (Å²) in [5.74, 6) is 0. The van der Waals surface area contributed by atoms with Gasteiger partial charge in [0.15, 0.2) is 0 Å². The highest BCUT2D eigenvalue weighted by molar-refractivity contribution is 5.14. The molecule has 102 valence electrons. The van der Waals surface area contributed by atoms with Gasteiger partial charge in [-0.1, -0.05) is 30.3 Å². The maximum absolute atomic E-state index is 5.63. The highest BCUT2D eigenvalue weighted by atomic mass is 16.5. The molecular weight excluding hydrogens is 228 g/mol. The number of benzene rings is 1. The lowest BCUT2D eigenvalue weighted by Gasteiger charge is -2.21. The molecule has 1 rings (SSSR count). The van der Waals surface area contributed by atoms with Crippen LogP contribution in [0, 0.1) is 0 Å². The summed E-state index contributed by atoms with van der Waals surface area (Å²) in [5, 5.41) is 0. The van der Waals surface area contributed by atoms with Crippen molar-refractivity contribution in [1.29, 1.82) is 0 Å². The van der Waals surface area contributed by atoms with E-state index in [9.17, 15) is 0 Å². The minimum Gasteiger partial charge on any atom is -0.382 e. The Morgan fingerprint density at radius 3 is 2.50 bits per heavy atom. The fourth-order valence-corrected chi connectivity index (χ4v) is 1.73. The Hall–Kier alpha value is -0.940. The Morgan fingerprint density at radius 2 is 1.83 bits per heavy atom. The van der Waals surface area contributed by atoms with E-state index in [4.69, 9.17) is 15.2 Å². The summed E-state index contributed by atoms with van der Waals surface area (Å²) < 4.78 is 10.4. The molecule has 0 aliphatic rings. The van der Waals surface area contributed by atoms with Gasteiger partial charge in [-0.2, -0.15) is 0 Å². The lowest BCUT2D eigenvalue weighted by molar-refractivity contribution is 0.0564. The maximum Gasteiger partial charge on any atom is 0.0700 e. The molecule has 0 amide bonds. The molecule has 1 aromatic carbocycles. The standard InChI is InChI=1S/C14H24N2O2/c1-17-11-12-18-10-9-16(8-7-15)13-14-5-3-2-4-6-14/h2-6H,7-13,15H2,1H3. The van der Waals surface area contributed by atoms with Gasteiger partial charge in [0.05, 0.1) is 19.8 Å². The van der Waals surface area contributed by atoms with Crippen molar-refractivity contribution in [2.75, 3.05) is 46.6 Å². The van der Waals surface area contributed by atoms with E-state index in [0.717, 1.165) is 26.2 Å². The lowest BCUT2D eigenvalue weighted by Crippen LogP contribution is -2.32. The van der Waals surface area contributed by atoms with E-state index in [1.165, 1.54) is 5.56 Å². The van der Waals surface area contributed by atoms with E-state index in [2.05, 4.69) is 29.2 Å². The smallest absolute Gasteiger partial charge is 0.0700 e. The van der Waals surface area contributed by atoms with Crippen molar-refractivity contribution >= 4 is 0 Å². The first-order valence-corrected chi connectivity index (χ1v) is 6.40. The number of nitrogens with two attached hydrogens (primary N) is 1. The summed E-state index contributed by atoms with van der Waals surface area (Å²) in [5.41, 5.74) is 6.94. The van der Waals surface area contributed by atoms with E-state index in [0.29, 0.717) is 19.8 Å². The first-order valence-electron chi connectivity index (χ1n) is 6.40. The van der Waals surface area contributed by atoms with Crippen LogP contribution in [0.1, 0.15) is 5.56 Å². The van der Waals surface area contributed by atoms with Crippen molar-refractivity contribution < 1.29 is 9.47 Å². The summed E-state index contributed by atoms with van der Waals surface area (Å²) in [6.45, 7) is 5.40. The molecule has 0 saturated carbocycles. The average Bonchev–Trinajstić information content (AvgIpc) is 2.40. The van der Waals surface area contributed by atoms with Crippen molar-refractivity contribution in [3.63, 3.8) is 0 Å². The predicted molar refractivity (Wildman–Crippen MR) is 73.5 cm³/mol. The van der Waals surface area contributed by atoms with Gasteiger partial charge in [0.2, 0.25) is 0 Å². The van der Waals surface area contributed by atoms with E-state index in [1.807, 2.05) is 6.07 Å². The monoisotopic (exact) mass is 252 g/mol. The molecule has 0 atom stereocenters. The zero-order valence-electron chi connectivity index (χ0n) is 11.2. The molecule has 18 heavy (non-hydrogen) atoms. The Labute approximate surface area is 110 Å². The first kappa shape index (κ1) is 15.1. The summed E-state index contributed by atoms with van der Waals surface area (Å²) in [6, 6.07) is 10.4. The first-order chi connectivity index (χ1) is 8.86. The predicted octanol–water partition coefficient (Wildman–Crippen LogP) is 1.11. The second-order valence-corrected chi connectivity index (χ2v) is 4.16. The number of hydrogen-bond donors (Lipinski definition) is 1. The highest BCUT2D eigenvalue weighted by Crippen LogP contribution is 2.03. The van der Waals surface area contributed by atoms with Crippen LogP contribution in [0.15, 0.2) is 30.3 Å². The van der Waals surface area contributed by atoms with Gasteiger partial charge < -0.3 is 15.2 Å². The van der Waals surface area contributed by atoms with Gasteiger partial charge in [-0.15, -0.1) is 0 Å². The van der Waals surface area contributed by atoms with Crippen molar-refractivity contribution in [3.05, 3.63) is 35.9 Å². The number of nitrogens with zero attached hydrogens (tertiary/aromatic N) is 1. The number of hydrogen-bond acceptors (Lipinski definition) is 4. The fraction of sp³-hybridized carbons (Fsp3) is 0.571. The van der Waals surface area contributed by atoms with E-state index >= 15 is 0 Å². The van der Waals surface area contributed by atoms with Crippen LogP contribution in [0.2, 0.25) is 0 Å². The molecule has 2 N–H and O–H groups in total. The van der Waals surface area contributed by atoms with Crippen molar-refractivity contribution in [3.8, 4) is 0 Å². The van der Waals surface area contributed by atoms with Gasteiger partial charge in [-0.05, 0) is 5.56 Å². The Morgan fingerprint density at radius 1 is 1.06 bits per heavy atom. The van der Waals surface area contributed by atoms with Gasteiger partial charge in [0.1, 0.15) is 0 Å². The van der Waals surface area contributed by atoms with Crippen LogP contribution >= 0.6 is 0 Å². The third kappa shape index (κ3) is 6.71. The zero-order chi connectivity index (χ0) is 13.1. The SMILES string of the molecule is COCCOCCN(CCN)Cc1ccccc1. The molecule has 0 bridgehead atoms. The van der Waals surface area contributed by atoms with Gasteiger partial charge in [-0.3, -0.25) is 4.90 Å². The molecule has 0 heterocycles. The largest absolute Gasteiger partial charge is 0.382 e. The van der Waals surface area contributed by atoms with Gasteiger partial charge >= 0.3 is 0 Å². The normalized spacial score (nSPS) is 11.1. The van der Waals surface area contributed by atoms with Crippen LogP contribution < -0.4 is 5.73 Å². The third-order valence-corrected chi connectivity index (χ3v) is 2.68. The fourth-order valence-electron chi connectivity index (χ4n) is 1.73. The molecule has 0 aliphatic carbocycles. The molecule has 4 nitrogen and oxygen atoms in total. The second-order valence-electron chi connectivity index (χ2n) is 4.16. The molecule has 0 spiro atoms. The van der Waals surface area contributed by atoms with Gasteiger partial charge in [0, 0.05) is 33.3 Å². The van der Waals surface area contributed by atoms with Crippen LogP contribution in [-0.2, 0) is 16.0 Å². The van der Waals surface area contributed by atoms with E-state index in [1.54, 1.807) is 7.11 Å². The Balaban J connectivity index is 2.26. The van der Waals surface area contributed by atoms with Crippen LogP contribution in [0.3, 0.4) is 0 Å². The van der Waals surface area contributed by atoms with Crippen LogP contribution in [0.4, 0.5) is 0 Å². The molecule has 0 aliphatic heterocycles. The maximum atomic E-state index is 5.63. The van der Waals surface area contributed by atoms with Gasteiger partial charge in [-0.25, -0.2) is 0 Å². The number of rotatable bonds is 10. The molecule has 0 fully saturated rings. The molecule has 0 saturated heterocycles. The molecule has 4 heteroatoms. The van der Waals surface area contributed by atoms with E-state index in [-0.39, 0.29) is 0 Å². The number of methoxy groups -OCH3 is 1. The van der Waals surface area contributed by atoms with E-state index < -0.39 is 0 Å².